The van der Waals surface area contributed by atoms with Gasteiger partial charge in [0.15, 0.2) is 5.82 Å². The van der Waals surface area contributed by atoms with Gasteiger partial charge in [-0.3, -0.25) is 9.78 Å². The van der Waals surface area contributed by atoms with Crippen molar-refractivity contribution in [3.8, 4) is 0 Å². The van der Waals surface area contributed by atoms with E-state index in [4.69, 9.17) is 5.53 Å². The summed E-state index contributed by atoms with van der Waals surface area (Å²) in [5, 5.41) is 3.22. The quantitative estimate of drug-likeness (QED) is 0.438. The molecule has 74 valence electrons. The number of pyridine rings is 1. The summed E-state index contributed by atoms with van der Waals surface area (Å²) in [6.45, 7) is 0. The third-order valence-electron chi connectivity index (χ3n) is 1.92. The summed E-state index contributed by atoms with van der Waals surface area (Å²) in [4.78, 5) is 19.8. The molecule has 0 aromatic carbocycles. The van der Waals surface area contributed by atoms with E-state index in [0.29, 0.717) is 5.39 Å². The van der Waals surface area contributed by atoms with Crippen LogP contribution in [0, 0.1) is 5.82 Å². The Bertz CT molecular complexity index is 584. The molecule has 0 fully saturated rings. The molecule has 0 spiro atoms. The van der Waals surface area contributed by atoms with Crippen molar-refractivity contribution in [1.82, 2.24) is 9.97 Å². The molecule has 15 heavy (non-hydrogen) atoms. The monoisotopic (exact) mass is 205 g/mol. The molecule has 2 aromatic rings. The highest BCUT2D eigenvalue weighted by molar-refractivity contribution is 6.06. The molecular formula is C8H4FN5O. The van der Waals surface area contributed by atoms with Crippen LogP contribution in [0.4, 0.5) is 4.39 Å². The van der Waals surface area contributed by atoms with E-state index in [0.717, 1.165) is 6.20 Å². The number of nitrogens with one attached hydrogen (secondary N) is 1. The smallest absolute Gasteiger partial charge is 0.251 e. The summed E-state index contributed by atoms with van der Waals surface area (Å²) in [6.07, 6.45) is 3.64. The van der Waals surface area contributed by atoms with Crippen LogP contribution in [0.1, 0.15) is 10.4 Å². The molecule has 6 nitrogen and oxygen atoms in total. The molecule has 0 radical (unpaired) electrons. The topological polar surface area (TPSA) is 94.5 Å². The van der Waals surface area contributed by atoms with Gasteiger partial charge >= 0.3 is 0 Å². The fourth-order valence-electron chi connectivity index (χ4n) is 1.28. The fraction of sp³-hybridized carbons (Fsp3) is 0. The summed E-state index contributed by atoms with van der Waals surface area (Å²) in [5.41, 5.74) is 8.37. The molecular weight excluding hydrogens is 201 g/mol. The van der Waals surface area contributed by atoms with E-state index < -0.39 is 11.7 Å². The second-order valence-corrected chi connectivity index (χ2v) is 2.74. The molecule has 2 aromatic heterocycles. The lowest BCUT2D eigenvalue weighted by molar-refractivity contribution is 0.100. The number of aromatic nitrogens is 2. The molecule has 0 aliphatic carbocycles. The summed E-state index contributed by atoms with van der Waals surface area (Å²) in [7, 11) is 0. The second-order valence-electron chi connectivity index (χ2n) is 2.74. The first kappa shape index (κ1) is 9.17. The van der Waals surface area contributed by atoms with E-state index in [9.17, 15) is 9.18 Å². The number of amides is 1. The van der Waals surface area contributed by atoms with Crippen molar-refractivity contribution in [3.05, 3.63) is 40.4 Å². The van der Waals surface area contributed by atoms with Crippen LogP contribution in [-0.2, 0) is 0 Å². The molecule has 2 rings (SSSR count). The van der Waals surface area contributed by atoms with Gasteiger partial charge in [0.25, 0.3) is 5.91 Å². The van der Waals surface area contributed by atoms with Gasteiger partial charge in [0, 0.05) is 22.7 Å². The zero-order valence-corrected chi connectivity index (χ0v) is 7.31. The summed E-state index contributed by atoms with van der Waals surface area (Å²) < 4.78 is 13.1. The molecule has 0 bridgehead atoms. The Kier molecular flexibility index (Phi) is 2.07. The highest BCUT2D eigenvalue weighted by atomic mass is 19.1. The number of nitrogens with zero attached hydrogens (tertiary/aromatic N) is 4. The van der Waals surface area contributed by atoms with Crippen molar-refractivity contribution >= 4 is 16.8 Å². The van der Waals surface area contributed by atoms with E-state index in [1.54, 1.807) is 0 Å². The van der Waals surface area contributed by atoms with Crippen LogP contribution in [-0.4, -0.2) is 15.9 Å². The molecule has 0 atom stereocenters. The largest absolute Gasteiger partial charge is 0.358 e. The van der Waals surface area contributed by atoms with E-state index in [-0.39, 0.29) is 11.1 Å². The summed E-state index contributed by atoms with van der Waals surface area (Å²) in [5.74, 6) is -1.33. The molecule has 1 N–H and O–H groups in total. The molecule has 7 heteroatoms. The molecule has 0 aliphatic rings. The summed E-state index contributed by atoms with van der Waals surface area (Å²) in [6, 6.07) is 0. The normalized spacial score (nSPS) is 9.93. The molecule has 1 amide bonds. The van der Waals surface area contributed by atoms with Crippen molar-refractivity contribution in [1.29, 1.82) is 0 Å². The molecule has 0 saturated heterocycles. The van der Waals surface area contributed by atoms with Crippen LogP contribution in [0.15, 0.2) is 23.7 Å². The first-order chi connectivity index (χ1) is 7.24. The van der Waals surface area contributed by atoms with Crippen molar-refractivity contribution in [2.24, 2.45) is 5.11 Å². The Hall–Kier alpha value is -2.40. The van der Waals surface area contributed by atoms with Gasteiger partial charge in [-0.05, 0) is 10.6 Å². The number of fused-ring (bicyclic) bond motifs is 1. The summed E-state index contributed by atoms with van der Waals surface area (Å²) >= 11 is 0. The van der Waals surface area contributed by atoms with E-state index >= 15 is 0 Å². The number of halogens is 1. The Morgan fingerprint density at radius 3 is 3.13 bits per heavy atom. The van der Waals surface area contributed by atoms with Gasteiger partial charge < -0.3 is 4.98 Å². The SMILES string of the molecule is [N-]=[N+]=NC(=O)c1c[nH]c2c(F)cncc12. The first-order valence-electron chi connectivity index (χ1n) is 3.94. The molecule has 0 saturated carbocycles. The van der Waals surface area contributed by atoms with Gasteiger partial charge in [-0.2, -0.15) is 0 Å². The van der Waals surface area contributed by atoms with E-state index in [1.165, 1.54) is 12.4 Å². The second kappa shape index (κ2) is 3.39. The van der Waals surface area contributed by atoms with Crippen LogP contribution in [0.3, 0.4) is 0 Å². The van der Waals surface area contributed by atoms with Crippen molar-refractivity contribution in [2.45, 2.75) is 0 Å². The maximum absolute atomic E-state index is 13.1. The zero-order valence-electron chi connectivity index (χ0n) is 7.31. The van der Waals surface area contributed by atoms with E-state index in [1.807, 2.05) is 0 Å². The van der Waals surface area contributed by atoms with Crippen LogP contribution in [0.2, 0.25) is 0 Å². The molecule has 2 heterocycles. The van der Waals surface area contributed by atoms with Gasteiger partial charge in [-0.25, -0.2) is 4.39 Å². The maximum atomic E-state index is 13.1. The Balaban J connectivity index is 2.69. The lowest BCUT2D eigenvalue weighted by atomic mass is 10.2. The Morgan fingerprint density at radius 2 is 2.40 bits per heavy atom. The van der Waals surface area contributed by atoms with Crippen molar-refractivity contribution < 1.29 is 9.18 Å². The lowest BCUT2D eigenvalue weighted by Crippen LogP contribution is -1.91. The number of hydrogen-bond acceptors (Lipinski definition) is 2. The van der Waals surface area contributed by atoms with Gasteiger partial charge in [-0.15, -0.1) is 0 Å². The number of hydrogen-bond donors (Lipinski definition) is 1. The fourth-order valence-corrected chi connectivity index (χ4v) is 1.28. The number of H-pyrrole nitrogens is 1. The number of carbonyl (C=O) groups is 1. The van der Waals surface area contributed by atoms with Crippen LogP contribution in [0.25, 0.3) is 21.3 Å². The average molecular weight is 205 g/mol. The van der Waals surface area contributed by atoms with Crippen LogP contribution in [0.5, 0.6) is 0 Å². The molecule has 0 aliphatic heterocycles. The first-order valence-corrected chi connectivity index (χ1v) is 3.94. The third kappa shape index (κ3) is 1.40. The predicted molar refractivity (Wildman–Crippen MR) is 49.5 cm³/mol. The van der Waals surface area contributed by atoms with Crippen molar-refractivity contribution in [2.75, 3.05) is 0 Å². The predicted octanol–water partition coefficient (Wildman–Crippen LogP) is 2.15. The highest BCUT2D eigenvalue weighted by Crippen LogP contribution is 2.20. The number of azide groups is 1. The van der Waals surface area contributed by atoms with Crippen LogP contribution >= 0.6 is 0 Å². The van der Waals surface area contributed by atoms with E-state index in [2.05, 4.69) is 20.0 Å². The standard InChI is InChI=1S/C8H4FN5O/c9-6-3-11-1-4-5(2-12-7(4)6)8(15)13-14-10/h1-3,12H. The number of carbonyl (C=O) groups excluding carboxylic acids is 1. The number of rotatable bonds is 1. The van der Waals surface area contributed by atoms with Gasteiger partial charge in [0.05, 0.1) is 17.3 Å². The zero-order chi connectivity index (χ0) is 10.8. The highest BCUT2D eigenvalue weighted by Gasteiger charge is 2.12. The Labute approximate surface area is 82.4 Å². The minimum absolute atomic E-state index is 0.106. The average Bonchev–Trinajstić information content (AvgIpc) is 2.63. The van der Waals surface area contributed by atoms with Gasteiger partial charge in [-0.1, -0.05) is 0 Å². The number of aromatic amines is 1. The Morgan fingerprint density at radius 1 is 1.60 bits per heavy atom. The third-order valence-corrected chi connectivity index (χ3v) is 1.92. The molecule has 0 unspecified atom stereocenters. The van der Waals surface area contributed by atoms with Crippen LogP contribution < -0.4 is 0 Å². The lowest BCUT2D eigenvalue weighted by Gasteiger charge is -1.92. The maximum Gasteiger partial charge on any atom is 0.251 e. The minimum Gasteiger partial charge on any atom is -0.358 e. The van der Waals surface area contributed by atoms with Crippen molar-refractivity contribution in [3.63, 3.8) is 0 Å². The minimum atomic E-state index is -0.767. The van der Waals surface area contributed by atoms with Gasteiger partial charge in [0.2, 0.25) is 0 Å². The van der Waals surface area contributed by atoms with Gasteiger partial charge in [0.1, 0.15) is 0 Å².